The third kappa shape index (κ3) is 2.43. The number of benzene rings is 1. The summed E-state index contributed by atoms with van der Waals surface area (Å²) in [5, 5.41) is 11.3. The third-order valence-electron chi connectivity index (χ3n) is 4.29. The van der Waals surface area contributed by atoms with Crippen LogP contribution in [0.25, 0.3) is 0 Å². The van der Waals surface area contributed by atoms with Crippen LogP contribution in [0.4, 0.5) is 0 Å². The Morgan fingerprint density at radius 3 is 2.58 bits per heavy atom. The van der Waals surface area contributed by atoms with Gasteiger partial charge in [-0.3, -0.25) is 0 Å². The van der Waals surface area contributed by atoms with Crippen molar-refractivity contribution in [3.05, 3.63) is 54.6 Å². The zero-order chi connectivity index (χ0) is 13.1. The lowest BCUT2D eigenvalue weighted by atomic mass is 9.80. The van der Waals surface area contributed by atoms with E-state index < -0.39 is 5.60 Å². The number of hydrogen-bond acceptors (Lipinski definition) is 2. The number of aliphatic hydroxyl groups is 1. The molecule has 19 heavy (non-hydrogen) atoms. The van der Waals surface area contributed by atoms with Crippen LogP contribution in [-0.4, -0.2) is 14.7 Å². The predicted octanol–water partition coefficient (Wildman–Crippen LogP) is 2.96. The van der Waals surface area contributed by atoms with Gasteiger partial charge >= 0.3 is 0 Å². The van der Waals surface area contributed by atoms with E-state index in [9.17, 15) is 5.11 Å². The second-order valence-electron chi connectivity index (χ2n) is 5.51. The molecule has 1 aliphatic rings. The Hall–Kier alpha value is -1.61. The number of aromatic nitrogens is 2. The fourth-order valence-corrected chi connectivity index (χ4v) is 3.24. The van der Waals surface area contributed by atoms with Crippen LogP contribution in [0.5, 0.6) is 0 Å². The molecule has 3 rings (SSSR count). The molecule has 100 valence electrons. The van der Waals surface area contributed by atoms with E-state index >= 15 is 0 Å². The molecule has 1 fully saturated rings. The molecule has 3 nitrogen and oxygen atoms in total. The third-order valence-corrected chi connectivity index (χ3v) is 4.29. The van der Waals surface area contributed by atoms with E-state index in [0.717, 1.165) is 18.4 Å². The van der Waals surface area contributed by atoms with Crippen molar-refractivity contribution >= 4 is 0 Å². The van der Waals surface area contributed by atoms with Gasteiger partial charge in [0, 0.05) is 12.4 Å². The maximum Gasteiger partial charge on any atom is 0.110 e. The summed E-state index contributed by atoms with van der Waals surface area (Å²) in [6, 6.07) is 10.1. The Balaban J connectivity index is 1.94. The molecular weight excluding hydrogens is 236 g/mol. The summed E-state index contributed by atoms with van der Waals surface area (Å²) >= 11 is 0. The highest BCUT2D eigenvalue weighted by molar-refractivity contribution is 5.23. The SMILES string of the molecule is OC(Cn1ccnc1)(c1ccccc1)C1CCCC1. The minimum atomic E-state index is -0.779. The maximum absolute atomic E-state index is 11.3. The molecule has 1 unspecified atom stereocenters. The van der Waals surface area contributed by atoms with Crippen molar-refractivity contribution in [2.45, 2.75) is 37.8 Å². The van der Waals surface area contributed by atoms with E-state index in [1.54, 1.807) is 12.5 Å². The molecular formula is C16H20N2O. The predicted molar refractivity (Wildman–Crippen MR) is 74.5 cm³/mol. The second kappa shape index (κ2) is 5.17. The van der Waals surface area contributed by atoms with Crippen LogP contribution >= 0.6 is 0 Å². The molecule has 0 amide bonds. The quantitative estimate of drug-likeness (QED) is 0.913. The van der Waals surface area contributed by atoms with Crippen molar-refractivity contribution in [3.63, 3.8) is 0 Å². The summed E-state index contributed by atoms with van der Waals surface area (Å²) in [5.41, 5.74) is 0.244. The van der Waals surface area contributed by atoms with Gasteiger partial charge in [0.2, 0.25) is 0 Å². The van der Waals surface area contributed by atoms with E-state index in [2.05, 4.69) is 4.98 Å². The molecule has 0 saturated heterocycles. The van der Waals surface area contributed by atoms with Crippen molar-refractivity contribution < 1.29 is 5.11 Å². The van der Waals surface area contributed by atoms with Gasteiger partial charge in [-0.2, -0.15) is 0 Å². The average molecular weight is 256 g/mol. The fourth-order valence-electron chi connectivity index (χ4n) is 3.24. The highest BCUT2D eigenvalue weighted by atomic mass is 16.3. The van der Waals surface area contributed by atoms with Gasteiger partial charge in [-0.05, 0) is 24.3 Å². The van der Waals surface area contributed by atoms with Crippen LogP contribution in [0.3, 0.4) is 0 Å². The zero-order valence-corrected chi connectivity index (χ0v) is 11.1. The zero-order valence-electron chi connectivity index (χ0n) is 11.1. The summed E-state index contributed by atoms with van der Waals surface area (Å²) in [6.45, 7) is 0.585. The standard InChI is InChI=1S/C16H20N2O/c19-16(15-8-4-5-9-15,12-18-11-10-17-13-18)14-6-2-1-3-7-14/h1-3,6-7,10-11,13,15,19H,4-5,8-9,12H2. The summed E-state index contributed by atoms with van der Waals surface area (Å²) in [5.74, 6) is 0.345. The van der Waals surface area contributed by atoms with Crippen LogP contribution in [0.15, 0.2) is 49.1 Å². The van der Waals surface area contributed by atoms with Crippen LogP contribution < -0.4 is 0 Å². The van der Waals surface area contributed by atoms with Crippen molar-refractivity contribution in [2.75, 3.05) is 0 Å². The minimum Gasteiger partial charge on any atom is -0.383 e. The number of rotatable bonds is 4. The monoisotopic (exact) mass is 256 g/mol. The van der Waals surface area contributed by atoms with Crippen LogP contribution in [0, 0.1) is 5.92 Å². The van der Waals surface area contributed by atoms with Crippen LogP contribution in [-0.2, 0) is 12.1 Å². The Morgan fingerprint density at radius 1 is 1.21 bits per heavy atom. The van der Waals surface area contributed by atoms with Gasteiger partial charge in [-0.1, -0.05) is 43.2 Å². The van der Waals surface area contributed by atoms with Gasteiger partial charge in [0.05, 0.1) is 12.9 Å². The van der Waals surface area contributed by atoms with Gasteiger partial charge in [-0.15, -0.1) is 0 Å². The Kier molecular flexibility index (Phi) is 3.38. The average Bonchev–Trinajstić information content (AvgIpc) is 3.12. The molecule has 1 aromatic heterocycles. The van der Waals surface area contributed by atoms with Crippen LogP contribution in [0.2, 0.25) is 0 Å². The topological polar surface area (TPSA) is 38.0 Å². The lowest BCUT2D eigenvalue weighted by molar-refractivity contribution is -0.0376. The molecule has 1 aromatic carbocycles. The van der Waals surface area contributed by atoms with E-state index in [1.165, 1.54) is 12.8 Å². The molecule has 1 heterocycles. The molecule has 1 saturated carbocycles. The lowest BCUT2D eigenvalue weighted by Gasteiger charge is -2.35. The fraction of sp³-hybridized carbons (Fsp3) is 0.438. The van der Waals surface area contributed by atoms with E-state index in [-0.39, 0.29) is 0 Å². The van der Waals surface area contributed by atoms with Crippen molar-refractivity contribution in [1.82, 2.24) is 9.55 Å². The highest BCUT2D eigenvalue weighted by Gasteiger charge is 2.40. The van der Waals surface area contributed by atoms with E-state index in [4.69, 9.17) is 0 Å². The molecule has 3 heteroatoms. The Labute approximate surface area is 113 Å². The first-order valence-corrected chi connectivity index (χ1v) is 7.03. The molecule has 1 atom stereocenters. The second-order valence-corrected chi connectivity index (χ2v) is 5.51. The first-order chi connectivity index (χ1) is 9.29. The van der Waals surface area contributed by atoms with E-state index in [0.29, 0.717) is 12.5 Å². The summed E-state index contributed by atoms with van der Waals surface area (Å²) < 4.78 is 1.98. The maximum atomic E-state index is 11.3. The Morgan fingerprint density at radius 2 is 1.95 bits per heavy atom. The first-order valence-electron chi connectivity index (χ1n) is 7.03. The van der Waals surface area contributed by atoms with Gasteiger partial charge in [0.15, 0.2) is 0 Å². The van der Waals surface area contributed by atoms with Gasteiger partial charge in [0.25, 0.3) is 0 Å². The molecule has 1 N–H and O–H groups in total. The smallest absolute Gasteiger partial charge is 0.110 e. The molecule has 1 aliphatic carbocycles. The Bertz CT molecular complexity index is 503. The largest absolute Gasteiger partial charge is 0.383 e. The first kappa shape index (κ1) is 12.4. The van der Waals surface area contributed by atoms with Crippen LogP contribution in [0.1, 0.15) is 31.2 Å². The number of hydrogen-bond donors (Lipinski definition) is 1. The normalized spacial score (nSPS) is 19.4. The van der Waals surface area contributed by atoms with Crippen molar-refractivity contribution in [1.29, 1.82) is 0 Å². The minimum absolute atomic E-state index is 0.345. The summed E-state index contributed by atoms with van der Waals surface area (Å²) in [6.07, 6.45) is 10.1. The lowest BCUT2D eigenvalue weighted by Crippen LogP contribution is -2.38. The number of nitrogens with zero attached hydrogens (tertiary/aromatic N) is 2. The molecule has 0 spiro atoms. The van der Waals surface area contributed by atoms with Crippen molar-refractivity contribution in [3.8, 4) is 0 Å². The van der Waals surface area contributed by atoms with Gasteiger partial charge in [0.1, 0.15) is 5.60 Å². The molecule has 0 bridgehead atoms. The van der Waals surface area contributed by atoms with Crippen molar-refractivity contribution in [2.24, 2.45) is 5.92 Å². The number of imidazole rings is 1. The molecule has 0 radical (unpaired) electrons. The highest BCUT2D eigenvalue weighted by Crippen LogP contribution is 2.41. The summed E-state index contributed by atoms with van der Waals surface area (Å²) in [4.78, 5) is 4.08. The van der Waals surface area contributed by atoms with Gasteiger partial charge < -0.3 is 9.67 Å². The molecule has 2 aromatic rings. The molecule has 0 aliphatic heterocycles. The van der Waals surface area contributed by atoms with Gasteiger partial charge in [-0.25, -0.2) is 4.98 Å². The van der Waals surface area contributed by atoms with E-state index in [1.807, 2.05) is 41.1 Å². The summed E-state index contributed by atoms with van der Waals surface area (Å²) in [7, 11) is 0.